The number of aromatic nitrogens is 2. The molecule has 0 unspecified atom stereocenters. The lowest BCUT2D eigenvalue weighted by Crippen LogP contribution is -2.29. The molecule has 2 aromatic rings. The number of carbonyl (C=O) groups excluding carboxylic acids is 1. The van der Waals surface area contributed by atoms with Crippen LogP contribution in [0.3, 0.4) is 0 Å². The molecule has 1 N–H and O–H groups in total. The molecular weight excluding hydrogens is 365 g/mol. The van der Waals surface area contributed by atoms with Gasteiger partial charge in [-0.2, -0.15) is 0 Å². The van der Waals surface area contributed by atoms with Gasteiger partial charge in [0.15, 0.2) is 5.16 Å². The summed E-state index contributed by atoms with van der Waals surface area (Å²) in [5.74, 6) is 0.384. The number of amides is 1. The number of aryl methyl sites for hydroxylation is 1. The van der Waals surface area contributed by atoms with Crippen LogP contribution >= 0.6 is 11.8 Å². The molecule has 27 heavy (non-hydrogen) atoms. The van der Waals surface area contributed by atoms with E-state index in [1.807, 2.05) is 0 Å². The van der Waals surface area contributed by atoms with Crippen molar-refractivity contribution in [2.75, 3.05) is 12.3 Å². The van der Waals surface area contributed by atoms with Gasteiger partial charge in [-0.05, 0) is 37.0 Å². The second-order valence-corrected chi connectivity index (χ2v) is 7.89. The average molecular weight is 392 g/mol. The van der Waals surface area contributed by atoms with Gasteiger partial charge in [0, 0.05) is 31.3 Å². The molecule has 0 bridgehead atoms. The van der Waals surface area contributed by atoms with Crippen LogP contribution < -0.4 is 10.9 Å². The van der Waals surface area contributed by atoms with Gasteiger partial charge < -0.3 is 5.32 Å². The van der Waals surface area contributed by atoms with Crippen molar-refractivity contribution < 1.29 is 9.18 Å². The van der Waals surface area contributed by atoms with Crippen LogP contribution in [0.15, 0.2) is 34.2 Å². The Labute approximate surface area is 163 Å². The maximum absolute atomic E-state index is 13.1. The number of nitrogens with one attached hydrogen (secondary N) is 1. The predicted molar refractivity (Wildman–Crippen MR) is 107 cm³/mol. The standard InChI is InChI=1S/C20H26FN3O2S/c1-13(2)9-10-22-18(25)12-27-20-23-14(3)17(19(26)24(20)4)11-15-5-7-16(21)8-6-15/h5-8,13H,9-12H2,1-4H3,(H,22,25). The highest BCUT2D eigenvalue weighted by atomic mass is 32.2. The fourth-order valence-electron chi connectivity index (χ4n) is 2.55. The quantitative estimate of drug-likeness (QED) is 0.555. The highest BCUT2D eigenvalue weighted by Gasteiger charge is 2.14. The van der Waals surface area contributed by atoms with Crippen molar-refractivity contribution in [1.82, 2.24) is 14.9 Å². The second kappa shape index (κ2) is 9.69. The minimum Gasteiger partial charge on any atom is -0.355 e. The molecule has 1 aromatic carbocycles. The summed E-state index contributed by atoms with van der Waals surface area (Å²) in [5, 5.41) is 3.39. The lowest BCUT2D eigenvalue weighted by molar-refractivity contribution is -0.118. The fourth-order valence-corrected chi connectivity index (χ4v) is 3.39. The molecule has 5 nitrogen and oxygen atoms in total. The van der Waals surface area contributed by atoms with E-state index in [2.05, 4.69) is 24.1 Å². The Morgan fingerprint density at radius 1 is 1.30 bits per heavy atom. The lowest BCUT2D eigenvalue weighted by Gasteiger charge is -2.12. The number of carbonyl (C=O) groups is 1. The maximum Gasteiger partial charge on any atom is 0.257 e. The first-order valence-electron chi connectivity index (χ1n) is 8.98. The van der Waals surface area contributed by atoms with Gasteiger partial charge in [-0.3, -0.25) is 14.2 Å². The Balaban J connectivity index is 2.06. The molecule has 1 aromatic heterocycles. The Morgan fingerprint density at radius 3 is 2.59 bits per heavy atom. The van der Waals surface area contributed by atoms with Gasteiger partial charge in [-0.25, -0.2) is 9.37 Å². The van der Waals surface area contributed by atoms with Crippen molar-refractivity contribution in [3.63, 3.8) is 0 Å². The number of hydrogen-bond donors (Lipinski definition) is 1. The molecule has 0 atom stereocenters. The highest BCUT2D eigenvalue weighted by Crippen LogP contribution is 2.16. The molecule has 0 saturated heterocycles. The summed E-state index contributed by atoms with van der Waals surface area (Å²) in [6.07, 6.45) is 1.33. The fraction of sp³-hybridized carbons (Fsp3) is 0.450. The van der Waals surface area contributed by atoms with Gasteiger partial charge in [-0.15, -0.1) is 0 Å². The maximum atomic E-state index is 13.1. The third kappa shape index (κ3) is 6.20. The average Bonchev–Trinajstić information content (AvgIpc) is 2.62. The Hall–Kier alpha value is -2.15. The zero-order valence-corrected chi connectivity index (χ0v) is 17.0. The summed E-state index contributed by atoms with van der Waals surface area (Å²) < 4.78 is 14.5. The van der Waals surface area contributed by atoms with E-state index in [1.54, 1.807) is 26.1 Å². The Kier molecular flexibility index (Phi) is 7.59. The first-order chi connectivity index (χ1) is 12.8. The second-order valence-electron chi connectivity index (χ2n) is 6.95. The van der Waals surface area contributed by atoms with Crippen LogP contribution in [0.2, 0.25) is 0 Å². The first-order valence-corrected chi connectivity index (χ1v) is 9.97. The van der Waals surface area contributed by atoms with E-state index in [0.29, 0.717) is 35.3 Å². The van der Waals surface area contributed by atoms with Crippen LogP contribution in [0.1, 0.15) is 37.1 Å². The van der Waals surface area contributed by atoms with E-state index >= 15 is 0 Å². The minimum atomic E-state index is -0.306. The van der Waals surface area contributed by atoms with Crippen molar-refractivity contribution in [2.45, 2.75) is 38.8 Å². The SMILES string of the molecule is Cc1nc(SCC(=O)NCCC(C)C)n(C)c(=O)c1Cc1ccc(F)cc1. The van der Waals surface area contributed by atoms with Crippen LogP contribution in [-0.4, -0.2) is 27.8 Å². The molecule has 0 fully saturated rings. The van der Waals surface area contributed by atoms with Gasteiger partial charge in [0.05, 0.1) is 5.75 Å². The predicted octanol–water partition coefficient (Wildman–Crippen LogP) is 3.07. The van der Waals surface area contributed by atoms with Crippen molar-refractivity contribution in [2.24, 2.45) is 13.0 Å². The zero-order chi connectivity index (χ0) is 20.0. The van der Waals surface area contributed by atoms with Crippen LogP contribution in [0.25, 0.3) is 0 Å². The Bertz CT molecular complexity index is 848. The van der Waals surface area contributed by atoms with Crippen molar-refractivity contribution in [1.29, 1.82) is 0 Å². The molecular formula is C20H26FN3O2S. The molecule has 0 aliphatic rings. The summed E-state index contributed by atoms with van der Waals surface area (Å²) in [6, 6.07) is 6.09. The number of rotatable bonds is 8. The molecule has 1 amide bonds. The van der Waals surface area contributed by atoms with E-state index in [0.717, 1.165) is 12.0 Å². The molecule has 0 radical (unpaired) electrons. The zero-order valence-electron chi connectivity index (χ0n) is 16.2. The molecule has 2 rings (SSSR count). The van der Waals surface area contributed by atoms with Gasteiger partial charge in [0.25, 0.3) is 5.56 Å². The summed E-state index contributed by atoms with van der Waals surface area (Å²) in [4.78, 5) is 29.1. The topological polar surface area (TPSA) is 64.0 Å². The number of halogens is 1. The normalized spacial score (nSPS) is 11.0. The van der Waals surface area contributed by atoms with Crippen LogP contribution in [0.4, 0.5) is 4.39 Å². The molecule has 7 heteroatoms. The van der Waals surface area contributed by atoms with Crippen molar-refractivity contribution >= 4 is 17.7 Å². The number of thioether (sulfide) groups is 1. The van der Waals surface area contributed by atoms with Crippen molar-refractivity contribution in [3.05, 3.63) is 57.3 Å². The van der Waals surface area contributed by atoms with E-state index in [-0.39, 0.29) is 23.0 Å². The smallest absolute Gasteiger partial charge is 0.257 e. The Morgan fingerprint density at radius 2 is 1.96 bits per heavy atom. The van der Waals surface area contributed by atoms with Crippen LogP contribution in [0.5, 0.6) is 0 Å². The van der Waals surface area contributed by atoms with Gasteiger partial charge in [-0.1, -0.05) is 37.7 Å². The van der Waals surface area contributed by atoms with Crippen LogP contribution in [0, 0.1) is 18.7 Å². The summed E-state index contributed by atoms with van der Waals surface area (Å²) >= 11 is 1.25. The van der Waals surface area contributed by atoms with Gasteiger partial charge in [0.1, 0.15) is 5.82 Å². The molecule has 146 valence electrons. The van der Waals surface area contributed by atoms with Gasteiger partial charge >= 0.3 is 0 Å². The summed E-state index contributed by atoms with van der Waals surface area (Å²) in [7, 11) is 1.65. The van der Waals surface area contributed by atoms with E-state index in [4.69, 9.17) is 0 Å². The molecule has 0 spiro atoms. The highest BCUT2D eigenvalue weighted by molar-refractivity contribution is 7.99. The monoisotopic (exact) mass is 391 g/mol. The minimum absolute atomic E-state index is 0.0667. The lowest BCUT2D eigenvalue weighted by atomic mass is 10.1. The third-order valence-corrected chi connectivity index (χ3v) is 5.25. The van der Waals surface area contributed by atoms with E-state index in [1.165, 1.54) is 28.5 Å². The third-order valence-electron chi connectivity index (χ3n) is 4.22. The summed E-state index contributed by atoms with van der Waals surface area (Å²) in [6.45, 7) is 6.65. The summed E-state index contributed by atoms with van der Waals surface area (Å²) in [5.41, 5.74) is 1.91. The van der Waals surface area contributed by atoms with E-state index < -0.39 is 0 Å². The molecule has 1 heterocycles. The van der Waals surface area contributed by atoms with Crippen molar-refractivity contribution in [3.8, 4) is 0 Å². The number of hydrogen-bond acceptors (Lipinski definition) is 4. The van der Waals surface area contributed by atoms with Gasteiger partial charge in [0.2, 0.25) is 5.91 Å². The number of benzene rings is 1. The first kappa shape index (κ1) is 21.2. The largest absolute Gasteiger partial charge is 0.355 e. The number of nitrogens with zero attached hydrogens (tertiary/aromatic N) is 2. The molecule has 0 aliphatic heterocycles. The van der Waals surface area contributed by atoms with Crippen LogP contribution in [-0.2, 0) is 18.3 Å². The molecule has 0 saturated carbocycles. The van der Waals surface area contributed by atoms with E-state index in [9.17, 15) is 14.0 Å². The molecule has 0 aliphatic carbocycles.